The van der Waals surface area contributed by atoms with Crippen molar-refractivity contribution in [3.8, 4) is 0 Å². The normalized spacial score (nSPS) is 9.75. The van der Waals surface area contributed by atoms with Crippen molar-refractivity contribution in [2.24, 2.45) is 0 Å². The fourth-order valence-corrected chi connectivity index (χ4v) is 0.674. The summed E-state index contributed by atoms with van der Waals surface area (Å²) in [5.74, 6) is -0.765. The third kappa shape index (κ3) is 9.17. The maximum Gasteiger partial charge on any atom is 0.303 e. The molecule has 0 saturated heterocycles. The van der Waals surface area contributed by atoms with Crippen LogP contribution in [0.1, 0.15) is 26.2 Å². The topological polar surface area (TPSA) is 46.5 Å². The Morgan fingerprint density at radius 1 is 1.42 bits per heavy atom. The molecule has 1 N–H and O–H groups in total. The number of carboxylic acid groups (broad SMARTS) is 1. The van der Waals surface area contributed by atoms with Crippen LogP contribution in [0.4, 0.5) is 0 Å². The van der Waals surface area contributed by atoms with E-state index < -0.39 is 5.97 Å². The van der Waals surface area contributed by atoms with Gasteiger partial charge in [-0.25, -0.2) is 0 Å². The molecule has 0 heterocycles. The highest BCUT2D eigenvalue weighted by atomic mass is 16.5. The van der Waals surface area contributed by atoms with Gasteiger partial charge in [0.05, 0.1) is 6.61 Å². The molecule has 0 saturated carbocycles. The number of carbonyl (C=O) groups is 1. The summed E-state index contributed by atoms with van der Waals surface area (Å²) >= 11 is 0. The lowest BCUT2D eigenvalue weighted by atomic mass is 10.3. The molecule has 3 heteroatoms. The zero-order valence-corrected chi connectivity index (χ0v) is 7.51. The smallest absolute Gasteiger partial charge is 0.303 e. The largest absolute Gasteiger partial charge is 0.481 e. The molecule has 0 aromatic carbocycles. The highest BCUT2D eigenvalue weighted by Gasteiger charge is 1.95. The Bertz CT molecular complexity index is 134. The first kappa shape index (κ1) is 11.2. The second-order valence-electron chi connectivity index (χ2n) is 2.82. The van der Waals surface area contributed by atoms with Gasteiger partial charge in [0.1, 0.15) is 0 Å². The molecule has 12 heavy (non-hydrogen) atoms. The van der Waals surface area contributed by atoms with E-state index in [0.29, 0.717) is 19.6 Å². The van der Waals surface area contributed by atoms with Crippen molar-refractivity contribution in [1.29, 1.82) is 0 Å². The van der Waals surface area contributed by atoms with E-state index in [0.717, 1.165) is 12.0 Å². The van der Waals surface area contributed by atoms with Gasteiger partial charge in [-0.15, -0.1) is 6.58 Å². The first-order valence-corrected chi connectivity index (χ1v) is 4.07. The summed E-state index contributed by atoms with van der Waals surface area (Å²) in [4.78, 5) is 10.1. The number of hydrogen-bond acceptors (Lipinski definition) is 2. The van der Waals surface area contributed by atoms with Crippen LogP contribution in [0.25, 0.3) is 0 Å². The van der Waals surface area contributed by atoms with Crippen LogP contribution in [0.2, 0.25) is 0 Å². The third-order valence-corrected chi connectivity index (χ3v) is 1.35. The van der Waals surface area contributed by atoms with Crippen molar-refractivity contribution in [3.05, 3.63) is 12.2 Å². The van der Waals surface area contributed by atoms with Gasteiger partial charge in [0.15, 0.2) is 0 Å². The molecule has 0 aliphatic heterocycles. The molecule has 0 atom stereocenters. The van der Waals surface area contributed by atoms with Crippen molar-refractivity contribution in [3.63, 3.8) is 0 Å². The van der Waals surface area contributed by atoms with Gasteiger partial charge in [0, 0.05) is 13.0 Å². The molecule has 0 rings (SSSR count). The lowest BCUT2D eigenvalue weighted by molar-refractivity contribution is -0.137. The predicted octanol–water partition coefficient (Wildman–Crippen LogP) is 1.83. The van der Waals surface area contributed by atoms with Gasteiger partial charge in [-0.3, -0.25) is 4.79 Å². The van der Waals surface area contributed by atoms with E-state index in [1.807, 2.05) is 6.92 Å². The minimum Gasteiger partial charge on any atom is -0.481 e. The fourth-order valence-electron chi connectivity index (χ4n) is 0.674. The van der Waals surface area contributed by atoms with Crippen molar-refractivity contribution < 1.29 is 14.6 Å². The Kier molecular flexibility index (Phi) is 6.38. The lowest BCUT2D eigenvalue weighted by Crippen LogP contribution is -2.01. The molecule has 0 fully saturated rings. The highest BCUT2D eigenvalue weighted by molar-refractivity contribution is 5.66. The molecule has 0 aliphatic rings. The standard InChI is InChI=1S/C9H16O3/c1-8(2)5-7-12-6-3-4-9(10)11/h1,3-7H2,2H3,(H,10,11). The van der Waals surface area contributed by atoms with E-state index in [1.165, 1.54) is 0 Å². The minimum absolute atomic E-state index is 0.188. The maximum atomic E-state index is 10.1. The molecular formula is C9H16O3. The monoisotopic (exact) mass is 172 g/mol. The van der Waals surface area contributed by atoms with E-state index in [1.54, 1.807) is 0 Å². The molecule has 0 spiro atoms. The SMILES string of the molecule is C=C(C)CCOCCCC(=O)O. The average Bonchev–Trinajstić information content (AvgIpc) is 1.95. The summed E-state index contributed by atoms with van der Waals surface area (Å²) in [6.45, 7) is 6.85. The van der Waals surface area contributed by atoms with Crippen molar-refractivity contribution in [1.82, 2.24) is 0 Å². The molecule has 70 valence electrons. The Balaban J connectivity index is 3.01. The molecule has 0 bridgehead atoms. The quantitative estimate of drug-likeness (QED) is 0.470. The maximum absolute atomic E-state index is 10.1. The van der Waals surface area contributed by atoms with E-state index in [9.17, 15) is 4.79 Å². The predicted molar refractivity (Wildman–Crippen MR) is 47.1 cm³/mol. The first-order chi connectivity index (χ1) is 5.63. The van der Waals surface area contributed by atoms with Gasteiger partial charge in [0.2, 0.25) is 0 Å². The van der Waals surface area contributed by atoms with Crippen LogP contribution in [0.5, 0.6) is 0 Å². The van der Waals surface area contributed by atoms with Crippen molar-refractivity contribution in [2.45, 2.75) is 26.2 Å². The highest BCUT2D eigenvalue weighted by Crippen LogP contribution is 1.96. The third-order valence-electron chi connectivity index (χ3n) is 1.35. The molecule has 0 aromatic rings. The number of carboxylic acids is 1. The Morgan fingerprint density at radius 2 is 2.08 bits per heavy atom. The lowest BCUT2D eigenvalue weighted by Gasteiger charge is -2.01. The van der Waals surface area contributed by atoms with Crippen LogP contribution in [0.15, 0.2) is 12.2 Å². The van der Waals surface area contributed by atoms with Crippen LogP contribution in [0, 0.1) is 0 Å². The summed E-state index contributed by atoms with van der Waals surface area (Å²) in [5.41, 5.74) is 1.09. The Labute approximate surface area is 73.0 Å². The Morgan fingerprint density at radius 3 is 2.58 bits per heavy atom. The van der Waals surface area contributed by atoms with Crippen LogP contribution in [0.3, 0.4) is 0 Å². The van der Waals surface area contributed by atoms with Crippen molar-refractivity contribution in [2.75, 3.05) is 13.2 Å². The summed E-state index contributed by atoms with van der Waals surface area (Å²) in [6.07, 6.45) is 1.63. The number of aliphatic carboxylic acids is 1. The van der Waals surface area contributed by atoms with Gasteiger partial charge >= 0.3 is 5.97 Å². The molecule has 0 amide bonds. The summed E-state index contributed by atoms with van der Waals surface area (Å²) < 4.78 is 5.17. The first-order valence-electron chi connectivity index (χ1n) is 4.07. The number of ether oxygens (including phenoxy) is 1. The molecule has 3 nitrogen and oxygen atoms in total. The van der Waals surface area contributed by atoms with E-state index >= 15 is 0 Å². The zero-order chi connectivity index (χ0) is 9.40. The molecular weight excluding hydrogens is 156 g/mol. The zero-order valence-electron chi connectivity index (χ0n) is 7.51. The minimum atomic E-state index is -0.765. The number of hydrogen-bond donors (Lipinski definition) is 1. The van der Waals surface area contributed by atoms with Crippen LogP contribution in [-0.2, 0) is 9.53 Å². The second-order valence-corrected chi connectivity index (χ2v) is 2.82. The van der Waals surface area contributed by atoms with Crippen LogP contribution >= 0.6 is 0 Å². The van der Waals surface area contributed by atoms with Crippen molar-refractivity contribution >= 4 is 5.97 Å². The van der Waals surface area contributed by atoms with Gasteiger partial charge < -0.3 is 9.84 Å². The van der Waals surface area contributed by atoms with Gasteiger partial charge in [-0.05, 0) is 19.8 Å². The number of rotatable bonds is 7. The van der Waals surface area contributed by atoms with Crippen LogP contribution < -0.4 is 0 Å². The second kappa shape index (κ2) is 6.85. The average molecular weight is 172 g/mol. The Hall–Kier alpha value is -0.830. The summed E-state index contributed by atoms with van der Waals surface area (Å²) in [5, 5.41) is 8.29. The van der Waals surface area contributed by atoms with E-state index in [-0.39, 0.29) is 6.42 Å². The van der Waals surface area contributed by atoms with Crippen LogP contribution in [-0.4, -0.2) is 24.3 Å². The summed E-state index contributed by atoms with van der Waals surface area (Å²) in [6, 6.07) is 0. The molecule has 0 aliphatic carbocycles. The van der Waals surface area contributed by atoms with Gasteiger partial charge in [-0.2, -0.15) is 0 Å². The van der Waals surface area contributed by atoms with Gasteiger partial charge in [-0.1, -0.05) is 5.57 Å². The van der Waals surface area contributed by atoms with E-state index in [4.69, 9.17) is 9.84 Å². The molecule has 0 aromatic heterocycles. The molecule has 0 radical (unpaired) electrons. The summed E-state index contributed by atoms with van der Waals surface area (Å²) in [7, 11) is 0. The van der Waals surface area contributed by atoms with Gasteiger partial charge in [0.25, 0.3) is 0 Å². The van der Waals surface area contributed by atoms with E-state index in [2.05, 4.69) is 6.58 Å². The fraction of sp³-hybridized carbons (Fsp3) is 0.667. The molecule has 0 unspecified atom stereocenters.